The Balaban J connectivity index is 3.79. The van der Waals surface area contributed by atoms with Crippen LogP contribution >= 0.6 is 0 Å². The number of nitrogens with one attached hydrogen (secondary N) is 2. The van der Waals surface area contributed by atoms with E-state index in [9.17, 15) is 9.59 Å². The first-order chi connectivity index (χ1) is 12.1. The molecule has 0 radical (unpaired) electrons. The number of rotatable bonds is 16. The van der Waals surface area contributed by atoms with Gasteiger partial charge in [0.15, 0.2) is 0 Å². The summed E-state index contributed by atoms with van der Waals surface area (Å²) in [6.07, 6.45) is 11.0. The Morgan fingerprint density at radius 2 is 1.08 bits per heavy atom. The minimum absolute atomic E-state index is 0.0807. The Kier molecular flexibility index (Phi) is 15.7. The van der Waals surface area contributed by atoms with Crippen molar-refractivity contribution in [2.75, 3.05) is 13.1 Å². The van der Waals surface area contributed by atoms with Gasteiger partial charge in [-0.1, -0.05) is 66.2 Å². The van der Waals surface area contributed by atoms with E-state index in [4.69, 9.17) is 0 Å². The van der Waals surface area contributed by atoms with E-state index in [0.717, 1.165) is 25.9 Å². The van der Waals surface area contributed by atoms with Crippen LogP contribution in [0.1, 0.15) is 98.3 Å². The van der Waals surface area contributed by atoms with Gasteiger partial charge in [0.2, 0.25) is 11.8 Å². The Bertz CT molecular complexity index is 313. The smallest absolute Gasteiger partial charge is 0.220 e. The molecule has 0 aliphatic rings. The summed E-state index contributed by atoms with van der Waals surface area (Å²) in [6, 6.07) is 0. The Morgan fingerprint density at radius 1 is 0.680 bits per heavy atom. The predicted octanol–water partition coefficient (Wildman–Crippen LogP) is 4.82. The molecule has 0 heterocycles. The summed E-state index contributed by atoms with van der Waals surface area (Å²) in [7, 11) is 0. The average Bonchev–Trinajstić information content (AvgIpc) is 2.62. The van der Waals surface area contributed by atoms with Gasteiger partial charge in [-0.2, -0.15) is 0 Å². The molecule has 2 unspecified atom stereocenters. The lowest BCUT2D eigenvalue weighted by Crippen LogP contribution is -2.30. The molecule has 2 atom stereocenters. The fourth-order valence-electron chi connectivity index (χ4n) is 2.99. The van der Waals surface area contributed by atoms with Gasteiger partial charge >= 0.3 is 0 Å². The van der Waals surface area contributed by atoms with Crippen molar-refractivity contribution >= 4 is 11.8 Å². The Hall–Kier alpha value is -1.06. The van der Waals surface area contributed by atoms with E-state index in [1.165, 1.54) is 38.5 Å². The highest BCUT2D eigenvalue weighted by atomic mass is 16.2. The average molecular weight is 355 g/mol. The fraction of sp³-hybridized carbons (Fsp3) is 0.905. The van der Waals surface area contributed by atoms with Crippen LogP contribution in [0.5, 0.6) is 0 Å². The first-order valence-corrected chi connectivity index (χ1v) is 10.6. The van der Waals surface area contributed by atoms with Gasteiger partial charge in [-0.05, 0) is 31.1 Å². The van der Waals surface area contributed by atoms with Crippen molar-refractivity contribution in [1.29, 1.82) is 0 Å². The van der Waals surface area contributed by atoms with Crippen LogP contribution in [0.3, 0.4) is 0 Å². The van der Waals surface area contributed by atoms with Crippen LogP contribution in [0.2, 0.25) is 0 Å². The number of amides is 2. The molecule has 0 aliphatic heterocycles. The van der Waals surface area contributed by atoms with Crippen LogP contribution in [-0.4, -0.2) is 24.9 Å². The van der Waals surface area contributed by atoms with Gasteiger partial charge in [0.25, 0.3) is 0 Å². The maximum absolute atomic E-state index is 11.9. The predicted molar refractivity (Wildman–Crippen MR) is 106 cm³/mol. The second-order valence-corrected chi connectivity index (χ2v) is 7.29. The van der Waals surface area contributed by atoms with Crippen LogP contribution in [-0.2, 0) is 9.59 Å². The lowest BCUT2D eigenvalue weighted by Gasteiger charge is -2.16. The van der Waals surface area contributed by atoms with Gasteiger partial charge in [-0.3, -0.25) is 9.59 Å². The van der Waals surface area contributed by atoms with E-state index in [0.29, 0.717) is 31.1 Å². The monoisotopic (exact) mass is 354 g/mol. The molecule has 0 saturated carbocycles. The standard InChI is InChI=1S/C21H42N2O2/c1-5-9-12-18(7-3)16-22-20(24)14-11-15-21(25)23-17-19(8-4)13-10-6-2/h18-19H,5-17H2,1-4H3,(H,22,24)(H,23,25). The fourth-order valence-corrected chi connectivity index (χ4v) is 2.99. The summed E-state index contributed by atoms with van der Waals surface area (Å²) in [6.45, 7) is 10.3. The SMILES string of the molecule is CCCCC(CC)CNC(=O)CCCC(=O)NCC(CC)CCCC. The molecule has 0 saturated heterocycles. The van der Waals surface area contributed by atoms with Crippen molar-refractivity contribution in [3.8, 4) is 0 Å². The van der Waals surface area contributed by atoms with Crippen molar-refractivity contribution in [1.82, 2.24) is 10.6 Å². The molecule has 0 spiro atoms. The van der Waals surface area contributed by atoms with E-state index in [1.54, 1.807) is 0 Å². The van der Waals surface area contributed by atoms with Crippen LogP contribution in [0.15, 0.2) is 0 Å². The van der Waals surface area contributed by atoms with E-state index < -0.39 is 0 Å². The quantitative estimate of drug-likeness (QED) is 0.417. The molecule has 0 aliphatic carbocycles. The summed E-state index contributed by atoms with van der Waals surface area (Å²) >= 11 is 0. The lowest BCUT2D eigenvalue weighted by atomic mass is 9.99. The zero-order valence-electron chi connectivity index (χ0n) is 17.2. The second kappa shape index (κ2) is 16.4. The molecule has 148 valence electrons. The van der Waals surface area contributed by atoms with Crippen molar-refractivity contribution < 1.29 is 9.59 Å². The highest BCUT2D eigenvalue weighted by Crippen LogP contribution is 2.12. The van der Waals surface area contributed by atoms with Crippen LogP contribution < -0.4 is 10.6 Å². The molecule has 25 heavy (non-hydrogen) atoms. The molecule has 2 amide bonds. The normalized spacial score (nSPS) is 13.3. The number of carbonyl (C=O) groups is 2. The van der Waals surface area contributed by atoms with E-state index in [1.807, 2.05) is 0 Å². The minimum atomic E-state index is 0.0807. The molecule has 0 bridgehead atoms. The van der Waals surface area contributed by atoms with Crippen LogP contribution in [0.4, 0.5) is 0 Å². The summed E-state index contributed by atoms with van der Waals surface area (Å²) in [5.74, 6) is 1.33. The highest BCUT2D eigenvalue weighted by molar-refractivity contribution is 5.78. The van der Waals surface area contributed by atoms with Crippen molar-refractivity contribution in [2.24, 2.45) is 11.8 Å². The molecule has 4 heteroatoms. The molecule has 4 nitrogen and oxygen atoms in total. The molecule has 0 aromatic carbocycles. The maximum atomic E-state index is 11.9. The summed E-state index contributed by atoms with van der Waals surface area (Å²) in [5, 5.41) is 6.06. The van der Waals surface area contributed by atoms with Gasteiger partial charge < -0.3 is 10.6 Å². The van der Waals surface area contributed by atoms with Crippen LogP contribution in [0.25, 0.3) is 0 Å². The van der Waals surface area contributed by atoms with E-state index in [2.05, 4.69) is 38.3 Å². The summed E-state index contributed by atoms with van der Waals surface area (Å²) in [4.78, 5) is 23.8. The molecular weight excluding hydrogens is 312 g/mol. The topological polar surface area (TPSA) is 58.2 Å². The van der Waals surface area contributed by atoms with Gasteiger partial charge in [0, 0.05) is 25.9 Å². The third-order valence-corrected chi connectivity index (χ3v) is 5.07. The second-order valence-electron chi connectivity index (χ2n) is 7.29. The first kappa shape index (κ1) is 23.9. The largest absolute Gasteiger partial charge is 0.356 e. The van der Waals surface area contributed by atoms with E-state index in [-0.39, 0.29) is 11.8 Å². The van der Waals surface area contributed by atoms with E-state index >= 15 is 0 Å². The first-order valence-electron chi connectivity index (χ1n) is 10.6. The summed E-state index contributed by atoms with van der Waals surface area (Å²) < 4.78 is 0. The molecule has 0 aromatic rings. The molecular formula is C21H42N2O2. The summed E-state index contributed by atoms with van der Waals surface area (Å²) in [5.41, 5.74) is 0. The third kappa shape index (κ3) is 13.9. The van der Waals surface area contributed by atoms with Crippen LogP contribution in [0, 0.1) is 11.8 Å². The Labute approximate surface area is 155 Å². The molecule has 2 N–H and O–H groups in total. The number of hydrogen-bond donors (Lipinski definition) is 2. The van der Waals surface area contributed by atoms with Crippen molar-refractivity contribution in [2.45, 2.75) is 98.3 Å². The van der Waals surface area contributed by atoms with Gasteiger partial charge in [0.1, 0.15) is 0 Å². The number of carbonyl (C=O) groups excluding carboxylic acids is 2. The zero-order valence-corrected chi connectivity index (χ0v) is 17.2. The van der Waals surface area contributed by atoms with Gasteiger partial charge in [-0.15, -0.1) is 0 Å². The highest BCUT2D eigenvalue weighted by Gasteiger charge is 2.11. The number of unbranched alkanes of at least 4 members (excludes halogenated alkanes) is 2. The Morgan fingerprint density at radius 3 is 1.40 bits per heavy atom. The van der Waals surface area contributed by atoms with Crippen molar-refractivity contribution in [3.63, 3.8) is 0 Å². The molecule has 0 aromatic heterocycles. The molecule has 0 rings (SSSR count). The van der Waals surface area contributed by atoms with Gasteiger partial charge in [0.05, 0.1) is 0 Å². The third-order valence-electron chi connectivity index (χ3n) is 5.07. The maximum Gasteiger partial charge on any atom is 0.220 e. The number of hydrogen-bond acceptors (Lipinski definition) is 2. The van der Waals surface area contributed by atoms with Gasteiger partial charge in [-0.25, -0.2) is 0 Å². The lowest BCUT2D eigenvalue weighted by molar-refractivity contribution is -0.122. The minimum Gasteiger partial charge on any atom is -0.356 e. The zero-order chi connectivity index (χ0) is 18.9. The van der Waals surface area contributed by atoms with Crippen molar-refractivity contribution in [3.05, 3.63) is 0 Å². The molecule has 0 fully saturated rings.